The zero-order valence-corrected chi connectivity index (χ0v) is 18.1. The summed E-state index contributed by atoms with van der Waals surface area (Å²) in [5.74, 6) is 0.857. The number of nitrogens with one attached hydrogen (secondary N) is 2. The Bertz CT molecular complexity index is 1410. The average Bonchev–Trinajstić information content (AvgIpc) is 3.09. The standard InChI is InChI=1S/C24H22N6O3/c1-13-7-17-22(27-13)20(31)10-21-24(17)11-15(24)12-30(21)23(32)19-9-14-8-16(3-4-18(14)28-19)33-6-2-5-26-29-25/h3-4,7-10,15,27-28H,2,5-6,11-12H2,1H3/t15-,24?/m1/s1. The number of ketones is 1. The van der Waals surface area contributed by atoms with E-state index in [4.69, 9.17) is 10.3 Å². The van der Waals surface area contributed by atoms with Crippen LogP contribution in [0, 0.1) is 12.8 Å². The first-order chi connectivity index (χ1) is 16.0. The fourth-order valence-electron chi connectivity index (χ4n) is 5.45. The molecule has 9 heteroatoms. The molecule has 0 radical (unpaired) electrons. The summed E-state index contributed by atoms with van der Waals surface area (Å²) in [6, 6.07) is 9.51. The predicted octanol–water partition coefficient (Wildman–Crippen LogP) is 4.38. The summed E-state index contributed by atoms with van der Waals surface area (Å²) in [6.07, 6.45) is 3.26. The quantitative estimate of drug-likeness (QED) is 0.254. The molecule has 6 rings (SSSR count). The van der Waals surface area contributed by atoms with Crippen LogP contribution in [0.5, 0.6) is 5.75 Å². The van der Waals surface area contributed by atoms with Gasteiger partial charge in [-0.1, -0.05) is 5.11 Å². The molecule has 0 bridgehead atoms. The van der Waals surface area contributed by atoms with E-state index in [1.54, 1.807) is 11.0 Å². The Kier molecular flexibility index (Phi) is 4.19. The van der Waals surface area contributed by atoms with Crippen molar-refractivity contribution in [3.8, 4) is 5.75 Å². The molecule has 1 saturated carbocycles. The van der Waals surface area contributed by atoms with Gasteiger partial charge in [0.2, 0.25) is 5.78 Å². The number of rotatable bonds is 6. The highest BCUT2D eigenvalue weighted by atomic mass is 16.5. The third-order valence-corrected chi connectivity index (χ3v) is 7.01. The summed E-state index contributed by atoms with van der Waals surface area (Å²) in [5.41, 5.74) is 13.0. The van der Waals surface area contributed by atoms with Gasteiger partial charge in [-0.2, -0.15) is 0 Å². The Morgan fingerprint density at radius 1 is 1.33 bits per heavy atom. The number of hydrogen-bond acceptors (Lipinski definition) is 4. The Morgan fingerprint density at radius 2 is 2.21 bits per heavy atom. The van der Waals surface area contributed by atoms with E-state index in [0.717, 1.165) is 34.3 Å². The molecule has 2 fully saturated rings. The number of hydrogen-bond donors (Lipinski definition) is 2. The molecule has 1 aromatic carbocycles. The lowest BCUT2D eigenvalue weighted by molar-refractivity contribution is 0.0806. The molecule has 1 aliphatic heterocycles. The molecule has 1 amide bonds. The molecule has 2 atom stereocenters. The minimum Gasteiger partial charge on any atom is -0.494 e. The Balaban J connectivity index is 1.24. The van der Waals surface area contributed by atoms with Crippen LogP contribution >= 0.6 is 0 Å². The van der Waals surface area contributed by atoms with Gasteiger partial charge in [0, 0.05) is 51.8 Å². The maximum atomic E-state index is 13.5. The van der Waals surface area contributed by atoms with Gasteiger partial charge in [-0.15, -0.1) is 0 Å². The van der Waals surface area contributed by atoms with Crippen molar-refractivity contribution in [2.24, 2.45) is 11.0 Å². The third kappa shape index (κ3) is 2.89. The maximum absolute atomic E-state index is 13.5. The number of likely N-dealkylation sites (tertiary alicyclic amines) is 1. The first-order valence-corrected chi connectivity index (χ1v) is 11.1. The highest BCUT2D eigenvalue weighted by Crippen LogP contribution is 2.66. The predicted molar refractivity (Wildman–Crippen MR) is 121 cm³/mol. The number of nitrogens with zero attached hydrogens (tertiary/aromatic N) is 4. The number of allylic oxidation sites excluding steroid dienone is 2. The smallest absolute Gasteiger partial charge is 0.274 e. The molecule has 3 heterocycles. The number of H-pyrrole nitrogens is 2. The molecule has 1 saturated heterocycles. The number of azide groups is 1. The van der Waals surface area contributed by atoms with Crippen molar-refractivity contribution in [1.82, 2.24) is 14.9 Å². The fraction of sp³-hybridized carbons (Fsp3) is 0.333. The normalized spacial score (nSPS) is 22.3. The van der Waals surface area contributed by atoms with Gasteiger partial charge in [0.25, 0.3) is 5.91 Å². The molecule has 3 aromatic rings. The number of fused-ring (bicyclic) bond motifs is 2. The number of amides is 1. The van der Waals surface area contributed by atoms with Gasteiger partial charge in [-0.25, -0.2) is 0 Å². The lowest BCUT2D eigenvalue weighted by atomic mass is 9.85. The minimum atomic E-state index is -0.202. The largest absolute Gasteiger partial charge is 0.494 e. The number of aromatic nitrogens is 2. The van der Waals surface area contributed by atoms with Gasteiger partial charge in [0.1, 0.15) is 11.4 Å². The van der Waals surface area contributed by atoms with E-state index in [-0.39, 0.29) is 17.1 Å². The zero-order chi connectivity index (χ0) is 22.7. The molecule has 1 unspecified atom stereocenters. The fourth-order valence-corrected chi connectivity index (χ4v) is 5.45. The van der Waals surface area contributed by atoms with Crippen molar-refractivity contribution >= 4 is 22.6 Å². The molecule has 2 N–H and O–H groups in total. The molecule has 2 aromatic heterocycles. The van der Waals surface area contributed by atoms with Crippen molar-refractivity contribution in [3.05, 3.63) is 75.2 Å². The van der Waals surface area contributed by atoms with Gasteiger partial charge in [-0.05, 0) is 67.1 Å². The number of carbonyl (C=O) groups is 2. The Hall–Kier alpha value is -3.97. The lowest BCUT2D eigenvalue weighted by Gasteiger charge is -2.27. The summed E-state index contributed by atoms with van der Waals surface area (Å²) >= 11 is 0. The summed E-state index contributed by atoms with van der Waals surface area (Å²) in [7, 11) is 0. The number of aryl methyl sites for hydroxylation is 1. The highest BCUT2D eigenvalue weighted by molar-refractivity contribution is 6.09. The van der Waals surface area contributed by atoms with Crippen LogP contribution < -0.4 is 4.74 Å². The summed E-state index contributed by atoms with van der Waals surface area (Å²) in [4.78, 5) is 37.1. The van der Waals surface area contributed by atoms with Crippen LogP contribution in [0.1, 0.15) is 45.1 Å². The van der Waals surface area contributed by atoms with Gasteiger partial charge in [-0.3, -0.25) is 9.59 Å². The number of piperidine rings is 1. The SMILES string of the molecule is Cc1cc2c([nH]1)C(=O)C=C1N(C(=O)c3cc4cc(OCCCN=[N+]=[N-])ccc4[nH]3)C[C@H]3CC123. The van der Waals surface area contributed by atoms with Crippen LogP contribution in [0.3, 0.4) is 0 Å². The Morgan fingerprint density at radius 3 is 3.06 bits per heavy atom. The van der Waals surface area contributed by atoms with E-state index in [2.05, 4.69) is 26.1 Å². The monoisotopic (exact) mass is 442 g/mol. The molecular formula is C24H22N6O3. The van der Waals surface area contributed by atoms with Gasteiger partial charge in [0.05, 0.1) is 12.3 Å². The van der Waals surface area contributed by atoms with Crippen LogP contribution in [0.4, 0.5) is 0 Å². The molecule has 2 aliphatic carbocycles. The van der Waals surface area contributed by atoms with Crippen molar-refractivity contribution < 1.29 is 14.3 Å². The summed E-state index contributed by atoms with van der Waals surface area (Å²) in [5, 5.41) is 4.37. The summed E-state index contributed by atoms with van der Waals surface area (Å²) in [6.45, 7) is 3.42. The molecule has 166 valence electrons. The van der Waals surface area contributed by atoms with Crippen LogP contribution in [0.2, 0.25) is 0 Å². The second kappa shape index (κ2) is 7.02. The second-order valence-corrected chi connectivity index (χ2v) is 9.01. The third-order valence-electron chi connectivity index (χ3n) is 7.01. The Labute approximate surface area is 189 Å². The maximum Gasteiger partial charge on any atom is 0.274 e. The molecule has 9 nitrogen and oxygen atoms in total. The average molecular weight is 442 g/mol. The van der Waals surface area contributed by atoms with Crippen LogP contribution in [-0.2, 0) is 5.41 Å². The molecule has 3 aliphatic rings. The van der Waals surface area contributed by atoms with Crippen molar-refractivity contribution in [2.75, 3.05) is 19.7 Å². The summed E-state index contributed by atoms with van der Waals surface area (Å²) < 4.78 is 5.72. The van der Waals surface area contributed by atoms with E-state index in [1.165, 1.54) is 0 Å². The highest BCUT2D eigenvalue weighted by Gasteiger charge is 2.67. The van der Waals surface area contributed by atoms with E-state index in [1.807, 2.05) is 31.2 Å². The minimum absolute atomic E-state index is 0.0667. The topological polar surface area (TPSA) is 127 Å². The van der Waals surface area contributed by atoms with Gasteiger partial charge >= 0.3 is 0 Å². The molecule has 1 spiro atoms. The van der Waals surface area contributed by atoms with E-state index in [0.29, 0.717) is 49.2 Å². The van der Waals surface area contributed by atoms with E-state index >= 15 is 0 Å². The number of ether oxygens (including phenoxy) is 1. The molecular weight excluding hydrogens is 420 g/mol. The number of benzene rings is 1. The van der Waals surface area contributed by atoms with Gasteiger partial charge in [0.15, 0.2) is 0 Å². The number of carbonyl (C=O) groups excluding carboxylic acids is 2. The van der Waals surface area contributed by atoms with Crippen molar-refractivity contribution in [1.29, 1.82) is 0 Å². The van der Waals surface area contributed by atoms with Crippen LogP contribution in [0.25, 0.3) is 21.3 Å². The zero-order valence-electron chi connectivity index (χ0n) is 18.1. The second-order valence-electron chi connectivity index (χ2n) is 9.01. The van der Waals surface area contributed by atoms with E-state index in [9.17, 15) is 9.59 Å². The lowest BCUT2D eigenvalue weighted by Crippen LogP contribution is -2.33. The van der Waals surface area contributed by atoms with Crippen molar-refractivity contribution in [2.45, 2.75) is 25.2 Å². The van der Waals surface area contributed by atoms with Gasteiger partial charge < -0.3 is 19.6 Å². The number of aromatic amines is 2. The molecule has 33 heavy (non-hydrogen) atoms. The first-order valence-electron chi connectivity index (χ1n) is 11.1. The van der Waals surface area contributed by atoms with E-state index < -0.39 is 0 Å². The first kappa shape index (κ1) is 19.7. The van der Waals surface area contributed by atoms with Crippen LogP contribution in [-0.4, -0.2) is 46.3 Å². The van der Waals surface area contributed by atoms with Crippen molar-refractivity contribution in [3.63, 3.8) is 0 Å². The van der Waals surface area contributed by atoms with Crippen LogP contribution in [0.15, 0.2) is 47.2 Å².